The first-order valence-corrected chi connectivity index (χ1v) is 7.23. The third kappa shape index (κ3) is 3.81. The van der Waals surface area contributed by atoms with E-state index in [9.17, 15) is 9.90 Å². The Kier molecular flexibility index (Phi) is 4.45. The molecule has 1 aliphatic rings. The number of hydrogen-bond donors (Lipinski definition) is 2. The smallest absolute Gasteiger partial charge is 0.227 e. The summed E-state index contributed by atoms with van der Waals surface area (Å²) in [6, 6.07) is 8.21. The zero-order valence-corrected chi connectivity index (χ0v) is 12.5. The van der Waals surface area contributed by atoms with Gasteiger partial charge in [-0.15, -0.1) is 0 Å². The molecule has 1 aliphatic heterocycles. The molecule has 0 aromatic heterocycles. The zero-order chi connectivity index (χ0) is 14.8. The fourth-order valence-corrected chi connectivity index (χ4v) is 2.40. The van der Waals surface area contributed by atoms with Crippen LogP contribution in [0.1, 0.15) is 45.2 Å². The molecular formula is C16H24N2O2. The minimum atomic E-state index is -0.725. The molecule has 2 rings (SSSR count). The molecule has 1 fully saturated rings. The third-order valence-corrected chi connectivity index (χ3v) is 3.60. The van der Waals surface area contributed by atoms with Crippen molar-refractivity contribution < 1.29 is 9.90 Å². The molecule has 1 saturated heterocycles. The van der Waals surface area contributed by atoms with Gasteiger partial charge in [-0.05, 0) is 44.9 Å². The molecule has 0 aliphatic carbocycles. The van der Waals surface area contributed by atoms with Crippen LogP contribution in [-0.2, 0) is 4.79 Å². The molecule has 1 aromatic carbocycles. The molecule has 20 heavy (non-hydrogen) atoms. The lowest BCUT2D eigenvalue weighted by Gasteiger charge is -2.23. The van der Waals surface area contributed by atoms with Crippen molar-refractivity contribution in [2.75, 3.05) is 18.0 Å². The summed E-state index contributed by atoms with van der Waals surface area (Å²) in [5.41, 5.74) is 1.38. The van der Waals surface area contributed by atoms with Crippen LogP contribution in [0.25, 0.3) is 0 Å². The molecule has 110 valence electrons. The van der Waals surface area contributed by atoms with Gasteiger partial charge in [0.15, 0.2) is 0 Å². The van der Waals surface area contributed by atoms with E-state index in [0.717, 1.165) is 24.2 Å². The summed E-state index contributed by atoms with van der Waals surface area (Å²) in [5.74, 6) is 0.208. The number of hydrogen-bond acceptors (Lipinski definition) is 3. The van der Waals surface area contributed by atoms with Crippen molar-refractivity contribution in [1.29, 1.82) is 0 Å². The van der Waals surface area contributed by atoms with Gasteiger partial charge in [-0.1, -0.05) is 12.1 Å². The first-order valence-electron chi connectivity index (χ1n) is 7.23. The first kappa shape index (κ1) is 15.0. The van der Waals surface area contributed by atoms with Gasteiger partial charge in [0.2, 0.25) is 5.91 Å². The van der Waals surface area contributed by atoms with E-state index in [1.165, 1.54) is 0 Å². The SMILES string of the molecule is CC(NCC(C)(C)O)c1cccc(N2CCCC2=O)c1. The normalized spacial score (nSPS) is 17.6. The summed E-state index contributed by atoms with van der Waals surface area (Å²) < 4.78 is 0. The first-order chi connectivity index (χ1) is 9.37. The predicted molar refractivity (Wildman–Crippen MR) is 80.7 cm³/mol. The van der Waals surface area contributed by atoms with Crippen LogP contribution in [0.5, 0.6) is 0 Å². The highest BCUT2D eigenvalue weighted by Gasteiger charge is 2.22. The number of aliphatic hydroxyl groups is 1. The van der Waals surface area contributed by atoms with Crippen LogP contribution in [0.3, 0.4) is 0 Å². The molecular weight excluding hydrogens is 252 g/mol. The maximum Gasteiger partial charge on any atom is 0.227 e. The molecule has 4 nitrogen and oxygen atoms in total. The fourth-order valence-electron chi connectivity index (χ4n) is 2.40. The second-order valence-electron chi connectivity index (χ2n) is 6.16. The average Bonchev–Trinajstić information content (AvgIpc) is 2.81. The summed E-state index contributed by atoms with van der Waals surface area (Å²) in [5, 5.41) is 13.1. The molecule has 4 heteroatoms. The Labute approximate surface area is 120 Å². The highest BCUT2D eigenvalue weighted by Crippen LogP contribution is 2.24. The Morgan fingerprint density at radius 1 is 1.45 bits per heavy atom. The molecule has 1 heterocycles. The third-order valence-electron chi connectivity index (χ3n) is 3.60. The van der Waals surface area contributed by atoms with Crippen LogP contribution < -0.4 is 10.2 Å². The van der Waals surface area contributed by atoms with Gasteiger partial charge in [-0.3, -0.25) is 4.79 Å². The van der Waals surface area contributed by atoms with Crippen LogP contribution in [0.2, 0.25) is 0 Å². The van der Waals surface area contributed by atoms with Crippen molar-refractivity contribution in [3.05, 3.63) is 29.8 Å². The van der Waals surface area contributed by atoms with Crippen molar-refractivity contribution in [2.45, 2.75) is 45.3 Å². The van der Waals surface area contributed by atoms with Gasteiger partial charge in [-0.2, -0.15) is 0 Å². The van der Waals surface area contributed by atoms with Gasteiger partial charge in [0.25, 0.3) is 0 Å². The van der Waals surface area contributed by atoms with E-state index in [1.54, 1.807) is 13.8 Å². The summed E-state index contributed by atoms with van der Waals surface area (Å²) in [7, 11) is 0. The highest BCUT2D eigenvalue weighted by molar-refractivity contribution is 5.95. The Hall–Kier alpha value is -1.39. The molecule has 0 radical (unpaired) electrons. The maximum absolute atomic E-state index is 11.8. The summed E-state index contributed by atoms with van der Waals surface area (Å²) in [6.45, 7) is 6.98. The number of rotatable bonds is 5. The van der Waals surface area contributed by atoms with Crippen molar-refractivity contribution in [1.82, 2.24) is 5.32 Å². The van der Waals surface area contributed by atoms with E-state index in [0.29, 0.717) is 13.0 Å². The number of nitrogens with zero attached hydrogens (tertiary/aromatic N) is 1. The van der Waals surface area contributed by atoms with Crippen LogP contribution in [0.15, 0.2) is 24.3 Å². The zero-order valence-electron chi connectivity index (χ0n) is 12.5. The molecule has 1 amide bonds. The number of anilines is 1. The van der Waals surface area contributed by atoms with Gasteiger partial charge in [0.05, 0.1) is 5.60 Å². The molecule has 0 saturated carbocycles. The van der Waals surface area contributed by atoms with Gasteiger partial charge >= 0.3 is 0 Å². The fraction of sp³-hybridized carbons (Fsp3) is 0.562. The molecule has 1 aromatic rings. The summed E-state index contributed by atoms with van der Waals surface area (Å²) in [4.78, 5) is 13.6. The number of carbonyl (C=O) groups excluding carboxylic acids is 1. The molecule has 0 bridgehead atoms. The summed E-state index contributed by atoms with van der Waals surface area (Å²) in [6.07, 6.45) is 1.59. The van der Waals surface area contributed by atoms with E-state index in [2.05, 4.69) is 18.3 Å². The highest BCUT2D eigenvalue weighted by atomic mass is 16.3. The monoisotopic (exact) mass is 276 g/mol. The molecule has 1 unspecified atom stereocenters. The van der Waals surface area contributed by atoms with E-state index >= 15 is 0 Å². The number of amides is 1. The molecule has 0 spiro atoms. The molecule has 2 N–H and O–H groups in total. The summed E-state index contributed by atoms with van der Waals surface area (Å²) >= 11 is 0. The lowest BCUT2D eigenvalue weighted by molar-refractivity contribution is -0.117. The predicted octanol–water partition coefficient (Wildman–Crippen LogP) is 2.23. The number of benzene rings is 1. The lowest BCUT2D eigenvalue weighted by Crippen LogP contribution is -2.36. The van der Waals surface area contributed by atoms with Crippen molar-refractivity contribution in [3.8, 4) is 0 Å². The van der Waals surface area contributed by atoms with Crippen LogP contribution in [-0.4, -0.2) is 29.7 Å². The topological polar surface area (TPSA) is 52.6 Å². The quantitative estimate of drug-likeness (QED) is 0.867. The maximum atomic E-state index is 11.8. The van der Waals surface area contributed by atoms with Crippen LogP contribution in [0, 0.1) is 0 Å². The average molecular weight is 276 g/mol. The van der Waals surface area contributed by atoms with Gasteiger partial charge in [-0.25, -0.2) is 0 Å². The second kappa shape index (κ2) is 5.94. The van der Waals surface area contributed by atoms with Gasteiger partial charge in [0, 0.05) is 31.2 Å². The van der Waals surface area contributed by atoms with E-state index in [-0.39, 0.29) is 11.9 Å². The van der Waals surface area contributed by atoms with Crippen molar-refractivity contribution in [2.24, 2.45) is 0 Å². The van der Waals surface area contributed by atoms with Crippen molar-refractivity contribution in [3.63, 3.8) is 0 Å². The van der Waals surface area contributed by atoms with Crippen LogP contribution >= 0.6 is 0 Å². The number of carbonyl (C=O) groups is 1. The van der Waals surface area contributed by atoms with E-state index < -0.39 is 5.60 Å². The van der Waals surface area contributed by atoms with Crippen molar-refractivity contribution >= 4 is 11.6 Å². The Bertz CT molecular complexity index is 480. The van der Waals surface area contributed by atoms with Crippen LogP contribution in [0.4, 0.5) is 5.69 Å². The lowest BCUT2D eigenvalue weighted by atomic mass is 10.1. The van der Waals surface area contributed by atoms with E-state index in [4.69, 9.17) is 0 Å². The molecule has 1 atom stereocenters. The standard InChI is InChI=1S/C16H24N2O2/c1-12(17-11-16(2,3)20)13-6-4-7-14(10-13)18-9-5-8-15(18)19/h4,6-7,10,12,17,20H,5,8-9,11H2,1-3H3. The number of nitrogens with one attached hydrogen (secondary N) is 1. The Balaban J connectivity index is 2.07. The Morgan fingerprint density at radius 2 is 2.20 bits per heavy atom. The Morgan fingerprint density at radius 3 is 2.80 bits per heavy atom. The largest absolute Gasteiger partial charge is 0.389 e. The minimum Gasteiger partial charge on any atom is -0.389 e. The minimum absolute atomic E-state index is 0.138. The van der Waals surface area contributed by atoms with E-state index in [1.807, 2.05) is 23.1 Å². The van der Waals surface area contributed by atoms with Gasteiger partial charge < -0.3 is 15.3 Å². The van der Waals surface area contributed by atoms with Gasteiger partial charge in [0.1, 0.15) is 0 Å². The second-order valence-corrected chi connectivity index (χ2v) is 6.16.